The van der Waals surface area contributed by atoms with Crippen molar-refractivity contribution in [2.45, 2.75) is 6.54 Å². The summed E-state index contributed by atoms with van der Waals surface area (Å²) in [5.74, 6) is -0.625. The average molecular weight is 337 g/mol. The molecule has 6 nitrogen and oxygen atoms in total. The Hall–Kier alpha value is -3.41. The molecule has 0 radical (unpaired) electrons. The van der Waals surface area contributed by atoms with Crippen molar-refractivity contribution in [3.63, 3.8) is 0 Å². The van der Waals surface area contributed by atoms with Gasteiger partial charge >= 0.3 is 11.9 Å². The molecule has 0 saturated heterocycles. The second-order valence-corrected chi connectivity index (χ2v) is 5.32. The molecule has 3 aromatic rings. The van der Waals surface area contributed by atoms with Gasteiger partial charge in [-0.2, -0.15) is 0 Å². The third-order valence-corrected chi connectivity index (χ3v) is 3.69. The maximum atomic E-state index is 12.2. The highest BCUT2D eigenvalue weighted by atomic mass is 16.5. The number of aromatic nitrogens is 1. The lowest BCUT2D eigenvalue weighted by Gasteiger charge is -2.10. The van der Waals surface area contributed by atoms with Gasteiger partial charge in [-0.25, -0.2) is 9.59 Å². The zero-order valence-electron chi connectivity index (χ0n) is 13.5. The molecule has 1 aromatic heterocycles. The highest BCUT2D eigenvalue weighted by Crippen LogP contribution is 2.14. The van der Waals surface area contributed by atoms with Gasteiger partial charge in [0.1, 0.15) is 12.3 Å². The number of rotatable bonds is 4. The van der Waals surface area contributed by atoms with E-state index in [2.05, 4.69) is 4.74 Å². The van der Waals surface area contributed by atoms with Gasteiger partial charge in [0.05, 0.1) is 18.2 Å². The first-order valence-electron chi connectivity index (χ1n) is 7.56. The Labute approximate surface area is 143 Å². The maximum absolute atomic E-state index is 12.2. The summed E-state index contributed by atoms with van der Waals surface area (Å²) in [6.45, 7) is -0.0421. The number of nitrogens with zero attached hydrogens (tertiary/aromatic N) is 1. The molecule has 0 unspecified atom stereocenters. The van der Waals surface area contributed by atoms with Crippen LogP contribution in [0.25, 0.3) is 10.9 Å². The largest absolute Gasteiger partial charge is 0.465 e. The van der Waals surface area contributed by atoms with Crippen LogP contribution in [0.2, 0.25) is 0 Å². The van der Waals surface area contributed by atoms with E-state index < -0.39 is 11.9 Å². The predicted octanol–water partition coefficient (Wildman–Crippen LogP) is 2.39. The van der Waals surface area contributed by atoms with Crippen LogP contribution < -0.4 is 10.2 Å². The number of hydrogen-bond donors (Lipinski definition) is 0. The summed E-state index contributed by atoms with van der Waals surface area (Å²) < 4.78 is 11.5. The third kappa shape index (κ3) is 3.58. The van der Waals surface area contributed by atoms with Gasteiger partial charge in [0.2, 0.25) is 0 Å². The van der Waals surface area contributed by atoms with E-state index in [9.17, 15) is 14.4 Å². The zero-order chi connectivity index (χ0) is 17.8. The van der Waals surface area contributed by atoms with Crippen molar-refractivity contribution in [1.29, 1.82) is 0 Å². The van der Waals surface area contributed by atoms with E-state index in [-0.39, 0.29) is 12.0 Å². The summed E-state index contributed by atoms with van der Waals surface area (Å²) in [6.07, 6.45) is 1.56. The number of benzene rings is 2. The van der Waals surface area contributed by atoms with Crippen LogP contribution in [-0.4, -0.2) is 23.6 Å². The molecule has 0 bridgehead atoms. The van der Waals surface area contributed by atoms with Crippen LogP contribution in [0.5, 0.6) is 5.75 Å². The summed E-state index contributed by atoms with van der Waals surface area (Å²) >= 11 is 0. The van der Waals surface area contributed by atoms with Gasteiger partial charge in [0, 0.05) is 17.6 Å². The van der Waals surface area contributed by atoms with Crippen LogP contribution in [0.4, 0.5) is 0 Å². The zero-order valence-corrected chi connectivity index (χ0v) is 13.5. The van der Waals surface area contributed by atoms with Gasteiger partial charge in [-0.05, 0) is 36.4 Å². The van der Waals surface area contributed by atoms with E-state index in [1.807, 2.05) is 0 Å². The van der Waals surface area contributed by atoms with Gasteiger partial charge in [0.25, 0.3) is 0 Å². The van der Waals surface area contributed by atoms with Crippen molar-refractivity contribution in [1.82, 2.24) is 4.57 Å². The predicted molar refractivity (Wildman–Crippen MR) is 91.6 cm³/mol. The highest BCUT2D eigenvalue weighted by molar-refractivity contribution is 5.89. The lowest BCUT2D eigenvalue weighted by molar-refractivity contribution is -0.135. The van der Waals surface area contributed by atoms with Crippen LogP contribution in [0, 0.1) is 0 Å². The van der Waals surface area contributed by atoms with Crippen molar-refractivity contribution in [3.8, 4) is 5.75 Å². The molecule has 2 aromatic carbocycles. The van der Waals surface area contributed by atoms with Crippen molar-refractivity contribution >= 4 is 22.8 Å². The van der Waals surface area contributed by atoms with Crippen LogP contribution in [-0.2, 0) is 16.1 Å². The molecular weight excluding hydrogens is 322 g/mol. The van der Waals surface area contributed by atoms with Crippen LogP contribution >= 0.6 is 0 Å². The topological polar surface area (TPSA) is 74.6 Å². The van der Waals surface area contributed by atoms with Crippen molar-refractivity contribution < 1.29 is 19.1 Å². The first-order chi connectivity index (χ1) is 12.1. The van der Waals surface area contributed by atoms with Gasteiger partial charge in [0.15, 0.2) is 5.43 Å². The third-order valence-electron chi connectivity index (χ3n) is 3.69. The average Bonchev–Trinajstić information content (AvgIpc) is 2.64. The van der Waals surface area contributed by atoms with Gasteiger partial charge in [-0.15, -0.1) is 0 Å². The second kappa shape index (κ2) is 7.00. The maximum Gasteiger partial charge on any atom is 0.337 e. The Morgan fingerprint density at radius 2 is 1.72 bits per heavy atom. The minimum atomic E-state index is -0.486. The number of esters is 2. The molecule has 0 aliphatic carbocycles. The molecule has 0 spiro atoms. The summed E-state index contributed by atoms with van der Waals surface area (Å²) in [4.78, 5) is 35.4. The highest BCUT2D eigenvalue weighted by Gasteiger charge is 2.10. The second-order valence-electron chi connectivity index (χ2n) is 5.32. The quantitative estimate of drug-likeness (QED) is 0.540. The van der Waals surface area contributed by atoms with Gasteiger partial charge < -0.3 is 14.0 Å². The number of fused-ring (bicyclic) bond motifs is 1. The van der Waals surface area contributed by atoms with E-state index in [4.69, 9.17) is 4.74 Å². The Morgan fingerprint density at radius 3 is 2.44 bits per heavy atom. The number of ether oxygens (including phenoxy) is 2. The Kier molecular flexibility index (Phi) is 4.61. The van der Waals surface area contributed by atoms with E-state index in [0.717, 1.165) is 0 Å². The first-order valence-corrected chi connectivity index (χ1v) is 7.56. The number of hydrogen-bond acceptors (Lipinski definition) is 5. The standard InChI is InChI=1S/C19H15NO5/c1-24-19(23)13-6-8-14(9-7-13)25-18(22)12-20-11-10-17(21)15-4-2-3-5-16(15)20/h2-11H,12H2,1H3. The molecule has 0 aliphatic rings. The number of carbonyl (C=O) groups excluding carboxylic acids is 2. The lowest BCUT2D eigenvalue weighted by atomic mass is 10.2. The SMILES string of the molecule is COC(=O)c1ccc(OC(=O)Cn2ccc(=O)c3ccccc32)cc1. The van der Waals surface area contributed by atoms with E-state index in [0.29, 0.717) is 22.2 Å². The van der Waals surface area contributed by atoms with E-state index in [1.54, 1.807) is 35.0 Å². The fourth-order valence-corrected chi connectivity index (χ4v) is 2.48. The van der Waals surface area contributed by atoms with Crippen molar-refractivity contribution in [3.05, 3.63) is 76.6 Å². The first kappa shape index (κ1) is 16.4. The molecule has 0 atom stereocenters. The molecule has 126 valence electrons. The molecule has 0 amide bonds. The van der Waals surface area contributed by atoms with Crippen LogP contribution in [0.3, 0.4) is 0 Å². The summed E-state index contributed by atoms with van der Waals surface area (Å²) in [6, 6.07) is 14.6. The van der Waals surface area contributed by atoms with Crippen molar-refractivity contribution in [2.24, 2.45) is 0 Å². The number of para-hydroxylation sites is 1. The molecular formula is C19H15NO5. The van der Waals surface area contributed by atoms with E-state index in [1.165, 1.54) is 37.4 Å². The monoisotopic (exact) mass is 337 g/mol. The number of carbonyl (C=O) groups is 2. The lowest BCUT2D eigenvalue weighted by Crippen LogP contribution is -2.18. The Morgan fingerprint density at radius 1 is 1.00 bits per heavy atom. The minimum absolute atomic E-state index is 0.0421. The van der Waals surface area contributed by atoms with Gasteiger partial charge in [-0.3, -0.25) is 4.79 Å². The number of methoxy groups -OCH3 is 1. The fourth-order valence-electron chi connectivity index (χ4n) is 2.48. The van der Waals surface area contributed by atoms with Crippen LogP contribution in [0.1, 0.15) is 10.4 Å². The Balaban J connectivity index is 1.76. The molecule has 1 heterocycles. The molecule has 0 N–H and O–H groups in total. The molecule has 0 fully saturated rings. The van der Waals surface area contributed by atoms with Crippen LogP contribution in [0.15, 0.2) is 65.6 Å². The van der Waals surface area contributed by atoms with Crippen molar-refractivity contribution in [2.75, 3.05) is 7.11 Å². The molecule has 6 heteroatoms. The molecule has 3 rings (SSSR count). The Bertz CT molecular complexity index is 989. The smallest absolute Gasteiger partial charge is 0.337 e. The summed E-state index contributed by atoms with van der Waals surface area (Å²) in [5, 5.41) is 0.542. The summed E-state index contributed by atoms with van der Waals surface area (Å²) in [7, 11) is 1.30. The number of pyridine rings is 1. The molecule has 25 heavy (non-hydrogen) atoms. The van der Waals surface area contributed by atoms with E-state index >= 15 is 0 Å². The normalized spacial score (nSPS) is 10.4. The fraction of sp³-hybridized carbons (Fsp3) is 0.105. The van der Waals surface area contributed by atoms with Gasteiger partial charge in [-0.1, -0.05) is 12.1 Å². The molecule has 0 saturated carbocycles. The minimum Gasteiger partial charge on any atom is -0.465 e. The molecule has 0 aliphatic heterocycles. The summed E-state index contributed by atoms with van der Waals surface area (Å²) in [5.41, 5.74) is 0.931.